The molecule has 2 saturated heterocycles. The summed E-state index contributed by atoms with van der Waals surface area (Å²) < 4.78 is 306. The van der Waals surface area contributed by atoms with Crippen LogP contribution in [0.15, 0.2) is 18.6 Å². The zero-order valence-electron chi connectivity index (χ0n) is 44.7. The molecule has 4 aliphatic rings. The fraction of sp³-hybridized carbons (Fsp3) is 0.833. The van der Waals surface area contributed by atoms with Crippen LogP contribution >= 0.6 is 23.2 Å². The van der Waals surface area contributed by atoms with E-state index < -0.39 is 221 Å². The van der Waals surface area contributed by atoms with E-state index in [2.05, 4.69) is 43.5 Å². The lowest BCUT2D eigenvalue weighted by atomic mass is 9.83. The van der Waals surface area contributed by atoms with Crippen molar-refractivity contribution in [1.29, 1.82) is 0 Å². The summed E-state index contributed by atoms with van der Waals surface area (Å²) in [6, 6.07) is 0. The number of hydrogen-bond donors (Lipinski definition) is 7. The summed E-state index contributed by atoms with van der Waals surface area (Å²) in [6.07, 6.45) is -21.0. The first-order valence-corrected chi connectivity index (χ1v) is 35.3. The van der Waals surface area contributed by atoms with Crippen LogP contribution in [0.25, 0.3) is 0 Å². The SMILES string of the molecule is COCc1cn(C[C@@H]2C[C@H](OS(=O)(=O)O)[C@H](OS(=O)(=O)O)[C@H](OCn3cc(C[C@H]4C[C@@H](OS(=O)(=O)O)[C@@H](OS(=O)(=O)O)[C@@H](OCc5cn(C[C@H]6C[C@@H](OS(=O)(=O)O)[C@@](CCl)(O[C@H]7C[C@@H](C)[C@@H](Cl)[C@@H](OS(=O)(=O)O)[C@@H]7OS(=O)(=O)O)O6)nn5)O4)nn3)C2)nn1. The molecule has 2 aliphatic heterocycles. The van der Waals surface area contributed by atoms with Gasteiger partial charge in [-0.1, -0.05) is 22.6 Å². The lowest BCUT2D eigenvalue weighted by Gasteiger charge is -2.44. The summed E-state index contributed by atoms with van der Waals surface area (Å²) in [5.41, 5.74) is 0.220. The average molecular weight is 1450 g/mol. The van der Waals surface area contributed by atoms with Gasteiger partial charge in [0.1, 0.15) is 54.7 Å². The normalized spacial score (nSPS) is 31.5. The minimum Gasteiger partial charge on any atom is -0.378 e. The lowest BCUT2D eigenvalue weighted by molar-refractivity contribution is -0.283. The van der Waals surface area contributed by atoms with E-state index in [1.54, 1.807) is 0 Å². The number of hydrogen-bond acceptors (Lipinski definition) is 33. The van der Waals surface area contributed by atoms with Gasteiger partial charge in [0.15, 0.2) is 12.4 Å². The Bertz CT molecular complexity index is 3700. The molecule has 0 radical (unpaired) electrons. The van der Waals surface area contributed by atoms with Gasteiger partial charge in [0.05, 0.1) is 79.7 Å². The molecule has 504 valence electrons. The van der Waals surface area contributed by atoms with Gasteiger partial charge in [-0.05, 0) is 31.1 Å². The molecular weight excluding hydrogens is 1400 g/mol. The number of aromatic nitrogens is 9. The number of ether oxygens (including phenoxy) is 6. The second-order valence-corrected chi connectivity index (χ2v) is 28.0. The Balaban J connectivity index is 1.07. The van der Waals surface area contributed by atoms with Gasteiger partial charge in [0, 0.05) is 32.9 Å². The zero-order chi connectivity index (χ0) is 65.2. The Kier molecular flexibility index (Phi) is 23.5. The zero-order valence-corrected chi connectivity index (χ0v) is 51.9. The topological polar surface area (TPSA) is 593 Å². The molecule has 16 atom stereocenters. The minimum absolute atomic E-state index is 0.00225. The fourth-order valence-electron chi connectivity index (χ4n) is 10.1. The third kappa shape index (κ3) is 22.0. The van der Waals surface area contributed by atoms with E-state index in [1.807, 2.05) is 0 Å². The van der Waals surface area contributed by atoms with Crippen molar-refractivity contribution in [3.63, 3.8) is 0 Å². The van der Waals surface area contributed by atoms with E-state index >= 15 is 0 Å². The highest BCUT2D eigenvalue weighted by atomic mass is 35.5. The molecule has 5 heterocycles. The maximum atomic E-state index is 12.1. The number of methoxy groups -OCH3 is 1. The van der Waals surface area contributed by atoms with E-state index in [4.69, 9.17) is 68.4 Å². The largest absolute Gasteiger partial charge is 0.397 e. The van der Waals surface area contributed by atoms with Gasteiger partial charge in [-0.2, -0.15) is 58.9 Å². The highest BCUT2D eigenvalue weighted by Gasteiger charge is 2.58. The maximum absolute atomic E-state index is 12.1. The van der Waals surface area contributed by atoms with Crippen LogP contribution in [-0.4, -0.2) is 233 Å². The van der Waals surface area contributed by atoms with Crippen LogP contribution in [0.5, 0.6) is 0 Å². The smallest absolute Gasteiger partial charge is 0.378 e. The maximum Gasteiger partial charge on any atom is 0.397 e. The highest BCUT2D eigenvalue weighted by Crippen LogP contribution is 2.44. The van der Waals surface area contributed by atoms with E-state index in [9.17, 15) is 90.8 Å². The first-order valence-electron chi connectivity index (χ1n) is 24.7. The molecule has 2 saturated carbocycles. The molecule has 7 rings (SSSR count). The van der Waals surface area contributed by atoms with Gasteiger partial charge in [-0.3, -0.25) is 36.6 Å². The molecular formula is C36H55Cl2N9O34S7. The van der Waals surface area contributed by atoms with Crippen LogP contribution in [0.1, 0.15) is 56.1 Å². The number of alkyl halides is 2. The molecule has 0 spiro atoms. The fourth-order valence-corrected chi connectivity index (χ4v) is 14.3. The Morgan fingerprint density at radius 1 is 0.545 bits per heavy atom. The van der Waals surface area contributed by atoms with Crippen LogP contribution in [-0.2, 0) is 170 Å². The Labute approximate surface area is 510 Å². The molecule has 52 heteroatoms. The van der Waals surface area contributed by atoms with E-state index in [-0.39, 0.29) is 37.4 Å². The van der Waals surface area contributed by atoms with Gasteiger partial charge in [0.2, 0.25) is 5.79 Å². The number of halogens is 2. The summed E-state index contributed by atoms with van der Waals surface area (Å²) in [7, 11) is -36.6. The summed E-state index contributed by atoms with van der Waals surface area (Å²) in [4.78, 5) is 0. The van der Waals surface area contributed by atoms with Crippen molar-refractivity contribution in [3.05, 3.63) is 35.7 Å². The van der Waals surface area contributed by atoms with E-state index in [0.717, 1.165) is 15.6 Å². The predicted molar refractivity (Wildman–Crippen MR) is 276 cm³/mol. The Morgan fingerprint density at radius 3 is 1.60 bits per heavy atom. The second kappa shape index (κ2) is 28.6. The molecule has 0 aromatic carbocycles. The number of rotatable bonds is 31. The second-order valence-electron chi connectivity index (χ2n) is 19.9. The van der Waals surface area contributed by atoms with Crippen LogP contribution in [0.3, 0.4) is 0 Å². The summed E-state index contributed by atoms with van der Waals surface area (Å²) in [5, 5.41) is 22.1. The summed E-state index contributed by atoms with van der Waals surface area (Å²) >= 11 is 12.6. The summed E-state index contributed by atoms with van der Waals surface area (Å²) in [6.45, 7) is -0.391. The molecule has 2 aliphatic carbocycles. The molecule has 3 aromatic heterocycles. The van der Waals surface area contributed by atoms with Crippen LogP contribution in [0, 0.1) is 11.8 Å². The van der Waals surface area contributed by atoms with Crippen LogP contribution in [0.2, 0.25) is 0 Å². The average Bonchev–Trinajstić information content (AvgIpc) is 3.76. The van der Waals surface area contributed by atoms with Crippen LogP contribution in [0.4, 0.5) is 0 Å². The standard InChI is InChI=1S/C36H55Cl2N9O34S7/c1-18-3-26(32(79-86(60,61)62)34(30(18)38)81-88(66,67)68)74-36(16-37)29(77-84(54,55)56)8-24(73-36)13-46-12-22(41-43-46)15-70-35-33(80-87(63,64)65)28(76-83(51,52)53)7-23(72-35)6-20-10-47(44-39-20)17-71-25-4-19(9-45-11-21(14-69-2)40-42-45)5-27(75-82(48,49)50)31(25)78-85(57,58)59/h10-12,18-19,23-35H,3-9,13-17H2,1-2H3,(H,48,49,50)(H,51,52,53)(H,54,55,56)(H,57,58,59)(H,60,61,62)(H,63,64,65)(H,66,67,68)/t18-,19+,23+,24-,25-,26+,27+,28-,29-,30-,31-,32-,33-,34-,35+,36-/m1/s1. The van der Waals surface area contributed by atoms with Gasteiger partial charge >= 0.3 is 72.8 Å². The van der Waals surface area contributed by atoms with Crippen molar-refractivity contribution >= 4 is 96.0 Å². The van der Waals surface area contributed by atoms with Crippen LogP contribution < -0.4 is 0 Å². The van der Waals surface area contributed by atoms with Crippen molar-refractivity contribution in [2.24, 2.45) is 11.8 Å². The quantitative estimate of drug-likeness (QED) is 0.0249. The molecule has 0 unspecified atom stereocenters. The van der Waals surface area contributed by atoms with Crippen molar-refractivity contribution in [2.45, 2.75) is 163 Å². The van der Waals surface area contributed by atoms with Crippen molar-refractivity contribution < 1.29 is 148 Å². The molecule has 88 heavy (non-hydrogen) atoms. The first kappa shape index (κ1) is 72.3. The van der Waals surface area contributed by atoms with Gasteiger partial charge in [-0.15, -0.1) is 38.5 Å². The van der Waals surface area contributed by atoms with E-state index in [0.29, 0.717) is 5.69 Å². The van der Waals surface area contributed by atoms with E-state index in [1.165, 1.54) is 31.1 Å². The first-order chi connectivity index (χ1) is 40.5. The summed E-state index contributed by atoms with van der Waals surface area (Å²) in [5.74, 6) is -5.02. The molecule has 43 nitrogen and oxygen atoms in total. The highest BCUT2D eigenvalue weighted by molar-refractivity contribution is 7.82. The van der Waals surface area contributed by atoms with Gasteiger partial charge in [-0.25, -0.2) is 38.6 Å². The lowest BCUT2D eigenvalue weighted by Crippen LogP contribution is -2.59. The van der Waals surface area contributed by atoms with Gasteiger partial charge < -0.3 is 28.4 Å². The molecule has 0 bridgehead atoms. The number of nitrogens with zero attached hydrogens (tertiary/aromatic N) is 9. The molecule has 3 aromatic rings. The van der Waals surface area contributed by atoms with Gasteiger partial charge in [0.25, 0.3) is 0 Å². The minimum atomic E-state index is -5.53. The third-order valence-electron chi connectivity index (χ3n) is 13.1. The van der Waals surface area contributed by atoms with Crippen molar-refractivity contribution in [1.82, 2.24) is 45.0 Å². The monoisotopic (exact) mass is 1450 g/mol. The third-order valence-corrected chi connectivity index (χ3v) is 17.5. The van der Waals surface area contributed by atoms with Crippen molar-refractivity contribution in [2.75, 3.05) is 13.0 Å². The predicted octanol–water partition coefficient (Wildman–Crippen LogP) is -2.99. The molecule has 4 fully saturated rings. The Morgan fingerprint density at radius 2 is 1.03 bits per heavy atom. The Hall–Kier alpha value is -3.15. The van der Waals surface area contributed by atoms with Crippen molar-refractivity contribution in [3.8, 4) is 0 Å². The molecule has 0 amide bonds. The molecule has 7 N–H and O–H groups in total.